The second-order valence-corrected chi connectivity index (χ2v) is 4.24. The van der Waals surface area contributed by atoms with Crippen molar-refractivity contribution >= 4 is 11.9 Å². The Labute approximate surface area is 77.4 Å². The average Bonchev–Trinajstić information content (AvgIpc) is 2.81. The van der Waals surface area contributed by atoms with E-state index in [2.05, 4.69) is 11.7 Å². The molecule has 2 atom stereocenters. The van der Waals surface area contributed by atoms with E-state index in [4.69, 9.17) is 0 Å². The predicted octanol–water partition coefficient (Wildman–Crippen LogP) is 1.51. The highest BCUT2D eigenvalue weighted by atomic mass is 16.6. The van der Waals surface area contributed by atoms with Gasteiger partial charge in [-0.25, -0.2) is 0 Å². The first-order valence-electron chi connectivity index (χ1n) is 4.91. The van der Waals surface area contributed by atoms with Gasteiger partial charge in [-0.2, -0.15) is 0 Å². The summed E-state index contributed by atoms with van der Waals surface area (Å²) in [7, 11) is 0. The molecule has 13 heavy (non-hydrogen) atoms. The molecular weight excluding hydrogens is 168 g/mol. The first kappa shape index (κ1) is 8.73. The van der Waals surface area contributed by atoms with Crippen LogP contribution in [0.5, 0.6) is 0 Å². The van der Waals surface area contributed by atoms with E-state index >= 15 is 0 Å². The number of carbonyl (C=O) groups excluding carboxylic acids is 2. The number of hydrogen-bond acceptors (Lipinski definition) is 3. The Balaban J connectivity index is 1.86. The SMILES string of the molecule is CC(CC1CC(=O)OC1=O)C1CC1. The third kappa shape index (κ3) is 1.90. The molecule has 1 aliphatic heterocycles. The molecule has 1 heterocycles. The van der Waals surface area contributed by atoms with Crippen molar-refractivity contribution in [3.05, 3.63) is 0 Å². The van der Waals surface area contributed by atoms with Gasteiger partial charge in [0, 0.05) is 0 Å². The van der Waals surface area contributed by atoms with E-state index in [0.717, 1.165) is 12.3 Å². The van der Waals surface area contributed by atoms with Crippen molar-refractivity contribution in [2.24, 2.45) is 17.8 Å². The summed E-state index contributed by atoms with van der Waals surface area (Å²) in [6, 6.07) is 0. The molecule has 2 fully saturated rings. The third-order valence-corrected chi connectivity index (χ3v) is 3.04. The van der Waals surface area contributed by atoms with Crippen LogP contribution in [0.4, 0.5) is 0 Å². The normalized spacial score (nSPS) is 30.4. The van der Waals surface area contributed by atoms with Crippen LogP contribution in [0.1, 0.15) is 32.6 Å². The molecule has 2 unspecified atom stereocenters. The minimum absolute atomic E-state index is 0.150. The Morgan fingerprint density at radius 1 is 1.46 bits per heavy atom. The second kappa shape index (κ2) is 3.13. The molecular formula is C10H14O3. The smallest absolute Gasteiger partial charge is 0.317 e. The molecule has 0 bridgehead atoms. The summed E-state index contributed by atoms with van der Waals surface area (Å²) in [5.74, 6) is 0.561. The Bertz CT molecular complexity index is 243. The van der Waals surface area contributed by atoms with Crippen molar-refractivity contribution in [2.75, 3.05) is 0 Å². The van der Waals surface area contributed by atoms with E-state index in [9.17, 15) is 9.59 Å². The lowest BCUT2D eigenvalue weighted by atomic mass is 9.91. The summed E-state index contributed by atoms with van der Waals surface area (Å²) >= 11 is 0. The van der Waals surface area contributed by atoms with E-state index in [0.29, 0.717) is 12.3 Å². The van der Waals surface area contributed by atoms with Gasteiger partial charge in [-0.1, -0.05) is 6.92 Å². The fourth-order valence-electron chi connectivity index (χ4n) is 2.01. The van der Waals surface area contributed by atoms with Crippen molar-refractivity contribution in [3.8, 4) is 0 Å². The summed E-state index contributed by atoms with van der Waals surface area (Å²) in [5, 5.41) is 0. The minimum atomic E-state index is -0.349. The molecule has 2 rings (SSSR count). The van der Waals surface area contributed by atoms with Gasteiger partial charge in [0.25, 0.3) is 0 Å². The molecule has 3 nitrogen and oxygen atoms in total. The number of carbonyl (C=O) groups is 2. The van der Waals surface area contributed by atoms with E-state index in [1.54, 1.807) is 0 Å². The Morgan fingerprint density at radius 2 is 2.15 bits per heavy atom. The molecule has 0 N–H and O–H groups in total. The Hall–Kier alpha value is -0.860. The highest BCUT2D eigenvalue weighted by Crippen LogP contribution is 2.40. The molecule has 2 aliphatic rings. The Morgan fingerprint density at radius 3 is 2.62 bits per heavy atom. The van der Waals surface area contributed by atoms with Gasteiger partial charge in [0.2, 0.25) is 0 Å². The number of hydrogen-bond donors (Lipinski definition) is 0. The predicted molar refractivity (Wildman–Crippen MR) is 45.7 cm³/mol. The van der Waals surface area contributed by atoms with Gasteiger partial charge in [-0.15, -0.1) is 0 Å². The van der Waals surface area contributed by atoms with Crippen LogP contribution in [0, 0.1) is 17.8 Å². The van der Waals surface area contributed by atoms with Crippen molar-refractivity contribution in [2.45, 2.75) is 32.6 Å². The van der Waals surface area contributed by atoms with Gasteiger partial charge < -0.3 is 4.74 Å². The quantitative estimate of drug-likeness (QED) is 0.491. The maximum Gasteiger partial charge on any atom is 0.317 e. The number of esters is 2. The Kier molecular flexibility index (Phi) is 2.10. The van der Waals surface area contributed by atoms with Crippen LogP contribution in [0.3, 0.4) is 0 Å². The maximum atomic E-state index is 11.1. The van der Waals surface area contributed by atoms with E-state index in [1.165, 1.54) is 12.8 Å². The van der Waals surface area contributed by atoms with Crippen LogP contribution in [0.2, 0.25) is 0 Å². The zero-order chi connectivity index (χ0) is 9.42. The lowest BCUT2D eigenvalue weighted by Crippen LogP contribution is -2.12. The lowest BCUT2D eigenvalue weighted by molar-refractivity contribution is -0.153. The number of rotatable bonds is 3. The first-order valence-corrected chi connectivity index (χ1v) is 4.91. The fourth-order valence-corrected chi connectivity index (χ4v) is 2.01. The lowest BCUT2D eigenvalue weighted by Gasteiger charge is -2.11. The molecule has 72 valence electrons. The van der Waals surface area contributed by atoms with Crippen LogP contribution >= 0.6 is 0 Å². The molecule has 0 amide bonds. The summed E-state index contributed by atoms with van der Waals surface area (Å²) in [6.07, 6.45) is 3.71. The summed E-state index contributed by atoms with van der Waals surface area (Å²) in [5.41, 5.74) is 0. The number of cyclic esters (lactones) is 2. The zero-order valence-electron chi connectivity index (χ0n) is 7.79. The van der Waals surface area contributed by atoms with Crippen molar-refractivity contribution < 1.29 is 14.3 Å². The highest BCUT2D eigenvalue weighted by Gasteiger charge is 2.37. The largest absolute Gasteiger partial charge is 0.393 e. The second-order valence-electron chi connectivity index (χ2n) is 4.24. The molecule has 0 aromatic carbocycles. The topological polar surface area (TPSA) is 43.4 Å². The zero-order valence-corrected chi connectivity index (χ0v) is 7.79. The van der Waals surface area contributed by atoms with Crippen molar-refractivity contribution in [1.29, 1.82) is 0 Å². The summed E-state index contributed by atoms with van der Waals surface area (Å²) < 4.78 is 4.50. The first-order chi connectivity index (χ1) is 6.16. The van der Waals surface area contributed by atoms with Gasteiger partial charge in [0.15, 0.2) is 0 Å². The number of ether oxygens (including phenoxy) is 1. The standard InChI is InChI=1S/C10H14O3/c1-6(7-2-3-7)4-8-5-9(11)13-10(8)12/h6-8H,2-5H2,1H3. The molecule has 0 aromatic rings. The van der Waals surface area contributed by atoms with E-state index in [1.807, 2.05) is 0 Å². The highest BCUT2D eigenvalue weighted by molar-refractivity contribution is 5.94. The fraction of sp³-hybridized carbons (Fsp3) is 0.800. The van der Waals surface area contributed by atoms with Crippen LogP contribution in [-0.4, -0.2) is 11.9 Å². The van der Waals surface area contributed by atoms with Crippen LogP contribution in [0.25, 0.3) is 0 Å². The van der Waals surface area contributed by atoms with Crippen LogP contribution in [-0.2, 0) is 14.3 Å². The van der Waals surface area contributed by atoms with Gasteiger partial charge in [-0.05, 0) is 31.1 Å². The van der Waals surface area contributed by atoms with Crippen LogP contribution < -0.4 is 0 Å². The molecule has 1 saturated carbocycles. The van der Waals surface area contributed by atoms with Gasteiger partial charge in [-0.3, -0.25) is 9.59 Å². The maximum absolute atomic E-state index is 11.1. The molecule has 0 radical (unpaired) electrons. The molecule has 1 aliphatic carbocycles. The summed E-state index contributed by atoms with van der Waals surface area (Å²) in [6.45, 7) is 2.16. The third-order valence-electron chi connectivity index (χ3n) is 3.04. The van der Waals surface area contributed by atoms with Gasteiger partial charge in [0.1, 0.15) is 0 Å². The van der Waals surface area contributed by atoms with Gasteiger partial charge in [0.05, 0.1) is 12.3 Å². The molecule has 1 saturated heterocycles. The summed E-state index contributed by atoms with van der Waals surface area (Å²) in [4.78, 5) is 21.9. The van der Waals surface area contributed by atoms with E-state index < -0.39 is 0 Å². The molecule has 0 spiro atoms. The monoisotopic (exact) mass is 182 g/mol. The van der Waals surface area contributed by atoms with Crippen molar-refractivity contribution in [3.63, 3.8) is 0 Å². The molecule has 3 heteroatoms. The minimum Gasteiger partial charge on any atom is -0.393 e. The van der Waals surface area contributed by atoms with Crippen molar-refractivity contribution in [1.82, 2.24) is 0 Å². The van der Waals surface area contributed by atoms with Gasteiger partial charge >= 0.3 is 11.9 Å². The van der Waals surface area contributed by atoms with Crippen LogP contribution in [0.15, 0.2) is 0 Å². The van der Waals surface area contributed by atoms with E-state index in [-0.39, 0.29) is 17.9 Å². The average molecular weight is 182 g/mol. The molecule has 0 aromatic heterocycles.